The van der Waals surface area contributed by atoms with E-state index in [1.807, 2.05) is 0 Å². The maximum absolute atomic E-state index is 11.7. The molecule has 0 aliphatic carbocycles. The van der Waals surface area contributed by atoms with Gasteiger partial charge in [-0.15, -0.1) is 0 Å². The van der Waals surface area contributed by atoms with Gasteiger partial charge in [-0.3, -0.25) is 24.0 Å². The summed E-state index contributed by atoms with van der Waals surface area (Å²) in [4.78, 5) is 55.2. The molecular weight excluding hydrogens is 752 g/mol. The molecule has 0 rings (SSSR count). The van der Waals surface area contributed by atoms with Gasteiger partial charge in [0.25, 0.3) is 0 Å². The predicted octanol–water partition coefficient (Wildman–Crippen LogP) is 5.17. The van der Waals surface area contributed by atoms with Crippen molar-refractivity contribution < 1.29 is 48.0 Å². The number of nitrogens with two attached hydrogens (primary N) is 1. The van der Waals surface area contributed by atoms with Crippen molar-refractivity contribution in [3.8, 4) is 0 Å². The highest BCUT2D eigenvalue weighted by Gasteiger charge is 2.03. The van der Waals surface area contributed by atoms with Gasteiger partial charge in [0.2, 0.25) is 23.6 Å². The molecule has 0 aliphatic rings. The number of hydrogen-bond donors (Lipinski definition) is 5. The molecule has 0 bridgehead atoms. The van der Waals surface area contributed by atoms with E-state index in [0.717, 1.165) is 19.3 Å². The second-order valence-corrected chi connectivity index (χ2v) is 13.4. The van der Waals surface area contributed by atoms with Crippen LogP contribution in [0.4, 0.5) is 0 Å². The van der Waals surface area contributed by atoms with Crippen LogP contribution < -0.4 is 21.7 Å². The summed E-state index contributed by atoms with van der Waals surface area (Å²) >= 11 is 3.05. The van der Waals surface area contributed by atoms with Gasteiger partial charge in [-0.2, -0.15) is 0 Å². The summed E-state index contributed by atoms with van der Waals surface area (Å²) in [6.45, 7) is 6.47. The van der Waals surface area contributed by atoms with E-state index >= 15 is 0 Å². The first kappa shape index (κ1) is 52.8. The van der Waals surface area contributed by atoms with E-state index in [-0.39, 0.29) is 48.2 Å². The van der Waals surface area contributed by atoms with Crippen LogP contribution in [0.15, 0.2) is 0 Å². The van der Waals surface area contributed by atoms with Crippen LogP contribution in [0.5, 0.6) is 0 Å². The van der Waals surface area contributed by atoms with E-state index in [1.165, 1.54) is 77.0 Å². The number of carbonyl (C=O) groups is 5. The molecule has 53 heavy (non-hydrogen) atoms. The zero-order valence-electron chi connectivity index (χ0n) is 32.7. The lowest BCUT2D eigenvalue weighted by atomic mass is 10.0. The highest BCUT2D eigenvalue weighted by Crippen LogP contribution is 2.12. The Morgan fingerprint density at radius 1 is 0.472 bits per heavy atom. The highest BCUT2D eigenvalue weighted by molar-refractivity contribution is 9.09. The first-order valence-electron chi connectivity index (χ1n) is 19.9. The summed E-state index contributed by atoms with van der Waals surface area (Å²) in [5, 5.41) is 17.0. The Bertz CT molecular complexity index is 886. The van der Waals surface area contributed by atoms with Crippen molar-refractivity contribution in [2.45, 2.75) is 135 Å². The van der Waals surface area contributed by atoms with Crippen molar-refractivity contribution in [2.75, 3.05) is 77.8 Å². The standard InChI is InChI=1S/C22H40BrN3O9.C16H33NO/c23-18-21(29)26-9-13-35-17-15-33-11-6-20(28)25-8-12-34-16-14-32-10-5-19(27)24-7-3-1-2-4-22(30)31;1-2-3-4-5-6-7-8-9-10-11-12-13-14-15-16(17)18/h1-18H2,(H,24,27)(H,25,28)(H,26,29)(H,30,31);2-15H2,1H3,(H2,17,18). The van der Waals surface area contributed by atoms with Gasteiger partial charge >= 0.3 is 5.97 Å². The molecule has 0 saturated carbocycles. The molecule has 0 aromatic rings. The van der Waals surface area contributed by atoms with E-state index in [1.54, 1.807) is 0 Å². The van der Waals surface area contributed by atoms with Gasteiger partial charge < -0.3 is 45.7 Å². The molecule has 0 saturated heterocycles. The average molecular weight is 826 g/mol. The van der Waals surface area contributed by atoms with Gasteiger partial charge in [0, 0.05) is 45.3 Å². The van der Waals surface area contributed by atoms with Crippen LogP contribution in [0.2, 0.25) is 0 Å². The molecule has 0 unspecified atom stereocenters. The Hall–Kier alpha value is -2.33. The SMILES string of the molecule is CCCCCCCCCCCCCCCC(N)=O.O=C(O)CCCCCNC(=O)CCOCCOCCNC(=O)CCOCCOCCNC(=O)CBr. The molecular formula is C38H73BrN4O10. The fourth-order valence-corrected chi connectivity index (χ4v) is 5.04. The van der Waals surface area contributed by atoms with Crippen molar-refractivity contribution in [1.82, 2.24) is 16.0 Å². The minimum absolute atomic E-state index is 0.0906. The number of unbranched alkanes of at least 4 members (excludes halogenated alkanes) is 14. The summed E-state index contributed by atoms with van der Waals surface area (Å²) < 4.78 is 21.3. The molecule has 312 valence electrons. The zero-order chi connectivity index (χ0) is 39.5. The van der Waals surface area contributed by atoms with E-state index in [0.29, 0.717) is 85.3 Å². The highest BCUT2D eigenvalue weighted by atomic mass is 79.9. The van der Waals surface area contributed by atoms with Gasteiger partial charge in [0.1, 0.15) is 0 Å². The number of halogens is 1. The molecule has 0 aromatic carbocycles. The van der Waals surface area contributed by atoms with Crippen LogP contribution in [-0.4, -0.2) is 113 Å². The second-order valence-electron chi connectivity index (χ2n) is 12.8. The maximum Gasteiger partial charge on any atom is 0.303 e. The third kappa shape index (κ3) is 49.7. The lowest BCUT2D eigenvalue weighted by molar-refractivity contribution is -0.137. The van der Waals surface area contributed by atoms with E-state index in [9.17, 15) is 24.0 Å². The minimum atomic E-state index is -0.800. The van der Waals surface area contributed by atoms with Crippen LogP contribution in [0, 0.1) is 0 Å². The summed E-state index contributed by atoms with van der Waals surface area (Å²) in [6, 6.07) is 0. The zero-order valence-corrected chi connectivity index (χ0v) is 34.3. The molecule has 0 aliphatic heterocycles. The summed E-state index contributed by atoms with van der Waals surface area (Å²) in [5.74, 6) is -1.27. The number of ether oxygens (including phenoxy) is 4. The first-order chi connectivity index (χ1) is 25.7. The molecule has 6 N–H and O–H groups in total. The lowest BCUT2D eigenvalue weighted by Gasteiger charge is -2.08. The van der Waals surface area contributed by atoms with Crippen LogP contribution in [0.3, 0.4) is 0 Å². The Balaban J connectivity index is 0. The van der Waals surface area contributed by atoms with Crippen LogP contribution in [0.1, 0.15) is 135 Å². The third-order valence-electron chi connectivity index (χ3n) is 7.87. The molecule has 14 nitrogen and oxygen atoms in total. The number of amides is 4. The summed E-state index contributed by atoms with van der Waals surface area (Å²) in [7, 11) is 0. The molecule has 15 heteroatoms. The average Bonchev–Trinajstić information content (AvgIpc) is 3.13. The summed E-state index contributed by atoms with van der Waals surface area (Å²) in [6.07, 6.45) is 20.7. The van der Waals surface area contributed by atoms with Crippen molar-refractivity contribution in [1.29, 1.82) is 0 Å². The fraction of sp³-hybridized carbons (Fsp3) is 0.868. The topological polar surface area (TPSA) is 205 Å². The number of hydrogen-bond acceptors (Lipinski definition) is 9. The van der Waals surface area contributed by atoms with Gasteiger partial charge in [0.05, 0.1) is 58.2 Å². The molecule has 0 atom stereocenters. The number of primary amides is 1. The monoisotopic (exact) mass is 824 g/mol. The minimum Gasteiger partial charge on any atom is -0.481 e. The number of rotatable bonds is 39. The van der Waals surface area contributed by atoms with Crippen LogP contribution >= 0.6 is 15.9 Å². The first-order valence-corrected chi connectivity index (χ1v) is 21.0. The van der Waals surface area contributed by atoms with E-state index in [2.05, 4.69) is 38.8 Å². The molecule has 0 spiro atoms. The number of nitrogens with one attached hydrogen (secondary N) is 3. The van der Waals surface area contributed by atoms with E-state index in [4.69, 9.17) is 29.8 Å². The summed E-state index contributed by atoms with van der Waals surface area (Å²) in [5.41, 5.74) is 5.09. The van der Waals surface area contributed by atoms with Crippen molar-refractivity contribution in [3.63, 3.8) is 0 Å². The number of carboxylic acid groups (broad SMARTS) is 1. The Morgan fingerprint density at radius 2 is 0.849 bits per heavy atom. The van der Waals surface area contributed by atoms with Crippen LogP contribution in [-0.2, 0) is 42.9 Å². The van der Waals surface area contributed by atoms with E-state index < -0.39 is 5.97 Å². The molecule has 0 fully saturated rings. The van der Waals surface area contributed by atoms with Gasteiger partial charge in [-0.1, -0.05) is 106 Å². The van der Waals surface area contributed by atoms with Gasteiger partial charge in [-0.05, 0) is 19.3 Å². The third-order valence-corrected chi connectivity index (χ3v) is 8.38. The largest absolute Gasteiger partial charge is 0.481 e. The van der Waals surface area contributed by atoms with Gasteiger partial charge in [-0.25, -0.2) is 0 Å². The molecule has 0 aromatic heterocycles. The number of carboxylic acids is 1. The number of alkyl halides is 1. The lowest BCUT2D eigenvalue weighted by Crippen LogP contribution is -2.29. The van der Waals surface area contributed by atoms with Crippen molar-refractivity contribution >= 4 is 45.5 Å². The number of carbonyl (C=O) groups excluding carboxylic acids is 4. The van der Waals surface area contributed by atoms with Gasteiger partial charge in [0.15, 0.2) is 0 Å². The van der Waals surface area contributed by atoms with Crippen molar-refractivity contribution in [2.24, 2.45) is 5.73 Å². The smallest absolute Gasteiger partial charge is 0.303 e. The normalized spacial score (nSPS) is 10.7. The Kier molecular flexibility index (Phi) is 43.9. The predicted molar refractivity (Wildman–Crippen MR) is 211 cm³/mol. The fourth-order valence-electron chi connectivity index (χ4n) is 4.85. The Labute approximate surface area is 327 Å². The Morgan fingerprint density at radius 3 is 1.28 bits per heavy atom. The van der Waals surface area contributed by atoms with Crippen molar-refractivity contribution in [3.05, 3.63) is 0 Å². The quantitative estimate of drug-likeness (QED) is 0.0406. The maximum atomic E-state index is 11.7. The molecule has 0 heterocycles. The number of aliphatic carboxylic acids is 1. The van der Waals surface area contributed by atoms with Crippen LogP contribution in [0.25, 0.3) is 0 Å². The molecule has 4 amide bonds. The molecule has 0 radical (unpaired) electrons. The second kappa shape index (κ2) is 44.1.